The van der Waals surface area contributed by atoms with Crippen LogP contribution in [-0.2, 0) is 11.8 Å². The van der Waals surface area contributed by atoms with Gasteiger partial charge in [0.1, 0.15) is 0 Å². The van der Waals surface area contributed by atoms with Gasteiger partial charge in [0.15, 0.2) is 11.6 Å². The Morgan fingerprint density at radius 3 is 2.77 bits per heavy atom. The van der Waals surface area contributed by atoms with Crippen molar-refractivity contribution in [2.75, 3.05) is 0 Å². The summed E-state index contributed by atoms with van der Waals surface area (Å²) in [6, 6.07) is 3.02. The van der Waals surface area contributed by atoms with Crippen LogP contribution in [0.1, 0.15) is 31.4 Å². The van der Waals surface area contributed by atoms with E-state index >= 15 is 0 Å². The SMILES string of the molecule is CC1(C)CCc2cc(O)c(F)cc21. The van der Waals surface area contributed by atoms with E-state index in [0.717, 1.165) is 24.0 Å². The van der Waals surface area contributed by atoms with Crippen molar-refractivity contribution in [2.24, 2.45) is 0 Å². The van der Waals surface area contributed by atoms with Gasteiger partial charge in [-0.3, -0.25) is 0 Å². The Morgan fingerprint density at radius 1 is 1.38 bits per heavy atom. The third-order valence-electron chi connectivity index (χ3n) is 2.92. The standard InChI is InChI=1S/C11H13FO/c1-11(2)4-3-7-5-10(13)9(12)6-8(7)11/h5-6,13H,3-4H2,1-2H3. The fourth-order valence-electron chi connectivity index (χ4n) is 2.02. The van der Waals surface area contributed by atoms with Crippen molar-refractivity contribution in [3.8, 4) is 5.75 Å². The lowest BCUT2D eigenvalue weighted by atomic mass is 9.86. The second kappa shape index (κ2) is 2.47. The maximum Gasteiger partial charge on any atom is 0.165 e. The van der Waals surface area contributed by atoms with Gasteiger partial charge in [0, 0.05) is 0 Å². The molecule has 2 heteroatoms. The van der Waals surface area contributed by atoms with Crippen molar-refractivity contribution in [1.82, 2.24) is 0 Å². The fraction of sp³-hybridized carbons (Fsp3) is 0.455. The summed E-state index contributed by atoms with van der Waals surface area (Å²) in [7, 11) is 0. The summed E-state index contributed by atoms with van der Waals surface area (Å²) >= 11 is 0. The zero-order valence-electron chi connectivity index (χ0n) is 7.89. The van der Waals surface area contributed by atoms with E-state index in [9.17, 15) is 9.50 Å². The number of benzene rings is 1. The lowest BCUT2D eigenvalue weighted by Crippen LogP contribution is -2.11. The summed E-state index contributed by atoms with van der Waals surface area (Å²) in [4.78, 5) is 0. The number of aryl methyl sites for hydroxylation is 1. The number of phenols is 1. The van der Waals surface area contributed by atoms with Crippen LogP contribution in [0.15, 0.2) is 12.1 Å². The average molecular weight is 180 g/mol. The molecular formula is C11H13FO. The van der Waals surface area contributed by atoms with Crippen LogP contribution >= 0.6 is 0 Å². The number of aromatic hydroxyl groups is 1. The van der Waals surface area contributed by atoms with Gasteiger partial charge in [-0.2, -0.15) is 0 Å². The molecule has 0 radical (unpaired) electrons. The lowest BCUT2D eigenvalue weighted by Gasteiger charge is -2.18. The molecule has 0 saturated carbocycles. The molecule has 0 heterocycles. The largest absolute Gasteiger partial charge is 0.505 e. The van der Waals surface area contributed by atoms with Crippen LogP contribution in [0, 0.1) is 5.82 Å². The molecule has 70 valence electrons. The van der Waals surface area contributed by atoms with Crippen molar-refractivity contribution in [3.63, 3.8) is 0 Å². The number of phenolic OH excluding ortho intramolecular Hbond substituents is 1. The van der Waals surface area contributed by atoms with Crippen LogP contribution in [0.2, 0.25) is 0 Å². The number of fused-ring (bicyclic) bond motifs is 1. The van der Waals surface area contributed by atoms with Crippen LogP contribution < -0.4 is 0 Å². The first-order chi connectivity index (χ1) is 6.00. The smallest absolute Gasteiger partial charge is 0.165 e. The molecule has 0 amide bonds. The van der Waals surface area contributed by atoms with Crippen LogP contribution in [0.4, 0.5) is 4.39 Å². The second-order valence-corrected chi connectivity index (χ2v) is 4.34. The van der Waals surface area contributed by atoms with Gasteiger partial charge >= 0.3 is 0 Å². The second-order valence-electron chi connectivity index (χ2n) is 4.34. The Balaban J connectivity index is 2.61. The van der Waals surface area contributed by atoms with Gasteiger partial charge < -0.3 is 5.11 Å². The van der Waals surface area contributed by atoms with E-state index in [1.807, 2.05) is 0 Å². The molecule has 0 fully saturated rings. The molecule has 0 saturated heterocycles. The third-order valence-corrected chi connectivity index (χ3v) is 2.92. The molecule has 1 aliphatic carbocycles. The molecule has 2 rings (SSSR count). The van der Waals surface area contributed by atoms with Gasteiger partial charge in [-0.1, -0.05) is 13.8 Å². The van der Waals surface area contributed by atoms with Gasteiger partial charge in [-0.15, -0.1) is 0 Å². The van der Waals surface area contributed by atoms with Gasteiger partial charge in [0.25, 0.3) is 0 Å². The normalized spacial score (nSPS) is 18.7. The van der Waals surface area contributed by atoms with Crippen molar-refractivity contribution in [1.29, 1.82) is 0 Å². The highest BCUT2D eigenvalue weighted by Gasteiger charge is 2.30. The fourth-order valence-corrected chi connectivity index (χ4v) is 2.02. The lowest BCUT2D eigenvalue weighted by molar-refractivity contribution is 0.430. The highest BCUT2D eigenvalue weighted by molar-refractivity contribution is 5.43. The van der Waals surface area contributed by atoms with Crippen molar-refractivity contribution < 1.29 is 9.50 Å². The topological polar surface area (TPSA) is 20.2 Å². The molecule has 1 aliphatic rings. The summed E-state index contributed by atoms with van der Waals surface area (Å²) in [5.74, 6) is -0.731. The molecule has 1 aromatic rings. The zero-order valence-corrected chi connectivity index (χ0v) is 7.89. The first kappa shape index (κ1) is 8.54. The highest BCUT2D eigenvalue weighted by atomic mass is 19.1. The number of rotatable bonds is 0. The molecule has 0 bridgehead atoms. The quantitative estimate of drug-likeness (QED) is 0.650. The molecule has 0 atom stereocenters. The zero-order chi connectivity index (χ0) is 9.64. The van der Waals surface area contributed by atoms with Crippen LogP contribution in [-0.4, -0.2) is 5.11 Å². The van der Waals surface area contributed by atoms with E-state index in [0.29, 0.717) is 0 Å². The van der Waals surface area contributed by atoms with E-state index in [1.54, 1.807) is 6.07 Å². The minimum atomic E-state index is -0.506. The van der Waals surface area contributed by atoms with E-state index < -0.39 is 5.82 Å². The van der Waals surface area contributed by atoms with E-state index in [1.165, 1.54) is 6.07 Å². The monoisotopic (exact) mass is 180 g/mol. The molecule has 0 aliphatic heterocycles. The number of halogens is 1. The molecule has 0 spiro atoms. The molecule has 1 aromatic carbocycles. The molecule has 1 N–H and O–H groups in total. The highest BCUT2D eigenvalue weighted by Crippen LogP contribution is 2.40. The first-order valence-corrected chi connectivity index (χ1v) is 4.52. The van der Waals surface area contributed by atoms with Crippen LogP contribution in [0.25, 0.3) is 0 Å². The maximum atomic E-state index is 13.1. The van der Waals surface area contributed by atoms with Crippen molar-refractivity contribution >= 4 is 0 Å². The molecule has 1 nitrogen and oxygen atoms in total. The summed E-state index contributed by atoms with van der Waals surface area (Å²) in [6.45, 7) is 4.21. The van der Waals surface area contributed by atoms with E-state index in [2.05, 4.69) is 13.8 Å². The van der Waals surface area contributed by atoms with E-state index in [4.69, 9.17) is 0 Å². The summed E-state index contributed by atoms with van der Waals surface area (Å²) in [6.07, 6.45) is 1.97. The third kappa shape index (κ3) is 1.21. The van der Waals surface area contributed by atoms with Crippen LogP contribution in [0.5, 0.6) is 5.75 Å². The van der Waals surface area contributed by atoms with Crippen molar-refractivity contribution in [2.45, 2.75) is 32.1 Å². The van der Waals surface area contributed by atoms with Gasteiger partial charge in [0.05, 0.1) is 0 Å². The Morgan fingerprint density at radius 2 is 2.08 bits per heavy atom. The van der Waals surface area contributed by atoms with Gasteiger partial charge in [-0.25, -0.2) is 4.39 Å². The first-order valence-electron chi connectivity index (χ1n) is 4.52. The van der Waals surface area contributed by atoms with Gasteiger partial charge in [-0.05, 0) is 41.5 Å². The average Bonchev–Trinajstić information content (AvgIpc) is 2.31. The van der Waals surface area contributed by atoms with Crippen LogP contribution in [0.3, 0.4) is 0 Å². The van der Waals surface area contributed by atoms with Gasteiger partial charge in [0.2, 0.25) is 0 Å². The Kier molecular flexibility index (Phi) is 1.62. The minimum absolute atomic E-state index is 0.0594. The van der Waals surface area contributed by atoms with E-state index in [-0.39, 0.29) is 11.2 Å². The summed E-state index contributed by atoms with van der Waals surface area (Å²) in [5.41, 5.74) is 2.19. The predicted octanol–water partition coefficient (Wildman–Crippen LogP) is 2.76. The molecule has 0 aromatic heterocycles. The summed E-state index contributed by atoms with van der Waals surface area (Å²) < 4.78 is 13.1. The minimum Gasteiger partial charge on any atom is -0.505 e. The van der Waals surface area contributed by atoms with Crippen molar-refractivity contribution in [3.05, 3.63) is 29.1 Å². The Labute approximate surface area is 77.2 Å². The maximum absolute atomic E-state index is 13.1. The molecule has 0 unspecified atom stereocenters. The molecular weight excluding hydrogens is 167 g/mol. The number of hydrogen-bond donors (Lipinski definition) is 1. The summed E-state index contributed by atoms with van der Waals surface area (Å²) in [5, 5.41) is 9.18. The molecule has 13 heavy (non-hydrogen) atoms. The Bertz CT molecular complexity index is 355. The number of hydrogen-bond acceptors (Lipinski definition) is 1. The Hall–Kier alpha value is -1.05. The predicted molar refractivity (Wildman–Crippen MR) is 49.4 cm³/mol.